The topological polar surface area (TPSA) is 47.6 Å². The van der Waals surface area contributed by atoms with Crippen LogP contribution in [0.2, 0.25) is 0 Å². The quantitative estimate of drug-likeness (QED) is 0.437. The Balaban J connectivity index is 1.49. The van der Waals surface area contributed by atoms with Crippen LogP contribution in [0.15, 0.2) is 18.2 Å². The molecule has 1 aromatic carbocycles. The zero-order valence-corrected chi connectivity index (χ0v) is 19.2. The summed E-state index contributed by atoms with van der Waals surface area (Å²) in [5.74, 6) is 1.90. The average molecular weight is 456 g/mol. The number of amides is 1. The fraction of sp³-hybridized carbons (Fsp3) is 0.720. The minimum absolute atomic E-state index is 0.00213. The lowest BCUT2D eigenvalue weighted by molar-refractivity contribution is -0.139. The molecule has 0 radical (unpaired) electrons. The van der Waals surface area contributed by atoms with E-state index in [-0.39, 0.29) is 29.9 Å². The van der Waals surface area contributed by atoms with E-state index < -0.39 is 11.7 Å². The maximum Gasteiger partial charge on any atom is 0.416 e. The first-order chi connectivity index (χ1) is 15.3. The molecule has 32 heavy (non-hydrogen) atoms. The molecule has 3 rings (SSSR count). The van der Waals surface area contributed by atoms with Crippen molar-refractivity contribution in [3.8, 4) is 5.75 Å². The lowest BCUT2D eigenvalue weighted by atomic mass is 9.76. The summed E-state index contributed by atoms with van der Waals surface area (Å²) < 4.78 is 52.3. The van der Waals surface area contributed by atoms with Gasteiger partial charge < -0.3 is 14.8 Å². The third-order valence-electron chi connectivity index (χ3n) is 6.84. The number of carbonyl (C=O) groups is 1. The van der Waals surface area contributed by atoms with Crippen molar-refractivity contribution in [2.24, 2.45) is 17.8 Å². The zero-order valence-electron chi connectivity index (χ0n) is 19.2. The molecular weight excluding hydrogens is 419 g/mol. The van der Waals surface area contributed by atoms with E-state index in [1.807, 2.05) is 0 Å². The van der Waals surface area contributed by atoms with Crippen LogP contribution < -0.4 is 10.1 Å². The number of nitrogens with one attached hydrogen (secondary N) is 1. The summed E-state index contributed by atoms with van der Waals surface area (Å²) in [6.07, 6.45) is 3.55. The summed E-state index contributed by atoms with van der Waals surface area (Å²) in [5, 5.41) is 2.87. The predicted molar refractivity (Wildman–Crippen MR) is 117 cm³/mol. The van der Waals surface area contributed by atoms with Gasteiger partial charge in [-0.3, -0.25) is 4.79 Å². The summed E-state index contributed by atoms with van der Waals surface area (Å²) in [5.41, 5.74) is -0.497. The Morgan fingerprint density at radius 1 is 1.16 bits per heavy atom. The Kier molecular flexibility index (Phi) is 8.86. The molecule has 0 heterocycles. The Morgan fingerprint density at radius 3 is 2.47 bits per heavy atom. The van der Waals surface area contributed by atoms with E-state index in [2.05, 4.69) is 12.2 Å². The highest BCUT2D eigenvalue weighted by atomic mass is 19.4. The van der Waals surface area contributed by atoms with E-state index in [0.29, 0.717) is 30.9 Å². The normalized spacial score (nSPS) is 22.4. The van der Waals surface area contributed by atoms with E-state index in [4.69, 9.17) is 9.47 Å². The molecule has 0 saturated heterocycles. The van der Waals surface area contributed by atoms with Crippen molar-refractivity contribution in [2.45, 2.75) is 84.1 Å². The second-order valence-corrected chi connectivity index (χ2v) is 9.36. The van der Waals surface area contributed by atoms with Gasteiger partial charge in [-0.25, -0.2) is 0 Å². The molecule has 0 spiro atoms. The first-order valence-corrected chi connectivity index (χ1v) is 11.9. The molecule has 1 atom stereocenters. The molecule has 2 aliphatic carbocycles. The van der Waals surface area contributed by atoms with Crippen LogP contribution >= 0.6 is 0 Å². The fourth-order valence-corrected chi connectivity index (χ4v) is 4.67. The van der Waals surface area contributed by atoms with Crippen molar-refractivity contribution in [1.29, 1.82) is 0 Å². The lowest BCUT2D eigenvalue weighted by Gasteiger charge is -2.33. The third-order valence-corrected chi connectivity index (χ3v) is 6.84. The van der Waals surface area contributed by atoms with Crippen molar-refractivity contribution >= 4 is 5.91 Å². The predicted octanol–water partition coefficient (Wildman–Crippen LogP) is 6.12. The number of benzene rings is 1. The number of hydrogen-bond donors (Lipinski definition) is 1. The van der Waals surface area contributed by atoms with Gasteiger partial charge in [-0.1, -0.05) is 19.4 Å². The van der Waals surface area contributed by atoms with Gasteiger partial charge in [0.2, 0.25) is 5.91 Å². The summed E-state index contributed by atoms with van der Waals surface area (Å²) in [6, 6.07) is 4.22. The Hall–Kier alpha value is -1.76. The number of carbonyl (C=O) groups excluding carboxylic acids is 1. The monoisotopic (exact) mass is 455 g/mol. The van der Waals surface area contributed by atoms with Gasteiger partial charge in [-0.15, -0.1) is 0 Å². The summed E-state index contributed by atoms with van der Waals surface area (Å²) in [6.45, 7) is 4.86. The first-order valence-electron chi connectivity index (χ1n) is 11.9. The molecule has 0 aliphatic heterocycles. The Morgan fingerprint density at radius 2 is 1.88 bits per heavy atom. The van der Waals surface area contributed by atoms with Gasteiger partial charge in [-0.05, 0) is 80.4 Å². The van der Waals surface area contributed by atoms with Gasteiger partial charge in [0.15, 0.2) is 0 Å². The van der Waals surface area contributed by atoms with Gasteiger partial charge in [-0.2, -0.15) is 13.2 Å². The van der Waals surface area contributed by atoms with Crippen molar-refractivity contribution in [2.75, 3.05) is 13.2 Å². The van der Waals surface area contributed by atoms with Crippen LogP contribution in [0.3, 0.4) is 0 Å². The van der Waals surface area contributed by atoms with Gasteiger partial charge in [0.1, 0.15) is 5.75 Å². The molecule has 2 fully saturated rings. The largest absolute Gasteiger partial charge is 0.493 e. The van der Waals surface area contributed by atoms with Crippen LogP contribution in [0, 0.1) is 17.8 Å². The highest BCUT2D eigenvalue weighted by molar-refractivity contribution is 5.72. The number of alkyl halides is 3. The number of hydrogen-bond acceptors (Lipinski definition) is 3. The number of ether oxygens (including phenoxy) is 2. The molecule has 1 aromatic rings. The molecule has 4 nitrogen and oxygen atoms in total. The summed E-state index contributed by atoms with van der Waals surface area (Å²) in [7, 11) is 0. The molecular formula is C25H36F3NO3. The third kappa shape index (κ3) is 7.68. The Labute approximate surface area is 189 Å². The number of halogens is 3. The van der Waals surface area contributed by atoms with Crippen LogP contribution in [0.1, 0.15) is 76.3 Å². The molecule has 7 heteroatoms. The molecule has 180 valence electrons. The standard InChI is InChI=1S/C25H36F3NO3/c1-3-19(12-13-29-17(2)30)20-6-9-22(10-7-20)32-16-21-8-11-23(31-15-18-4-5-18)14-24(21)25(26,27)28/h8,11,14,18-20,22H,3-7,9-10,12-13,15-16H2,1-2H3,(H,29,30). The molecule has 1 unspecified atom stereocenters. The van der Waals surface area contributed by atoms with Gasteiger partial charge >= 0.3 is 6.18 Å². The molecule has 1 N–H and O–H groups in total. The second kappa shape index (κ2) is 11.4. The van der Waals surface area contributed by atoms with Crippen molar-refractivity contribution in [3.05, 3.63) is 29.3 Å². The van der Waals surface area contributed by atoms with E-state index >= 15 is 0 Å². The number of rotatable bonds is 11. The van der Waals surface area contributed by atoms with Crippen LogP contribution in [0.25, 0.3) is 0 Å². The molecule has 0 bridgehead atoms. The van der Waals surface area contributed by atoms with Crippen LogP contribution in [0.4, 0.5) is 13.2 Å². The molecule has 1 amide bonds. The minimum atomic E-state index is -4.43. The Bertz CT molecular complexity index is 740. The van der Waals surface area contributed by atoms with Crippen molar-refractivity contribution in [1.82, 2.24) is 5.32 Å². The van der Waals surface area contributed by atoms with Gasteiger partial charge in [0, 0.05) is 13.5 Å². The maximum absolute atomic E-state index is 13.6. The van der Waals surface area contributed by atoms with Crippen LogP contribution in [-0.2, 0) is 22.3 Å². The minimum Gasteiger partial charge on any atom is -0.493 e. The zero-order chi connectivity index (χ0) is 23.1. The highest BCUT2D eigenvalue weighted by Crippen LogP contribution is 2.38. The lowest BCUT2D eigenvalue weighted by Crippen LogP contribution is -2.29. The summed E-state index contributed by atoms with van der Waals surface area (Å²) in [4.78, 5) is 11.1. The van der Waals surface area contributed by atoms with E-state index in [1.165, 1.54) is 13.0 Å². The van der Waals surface area contributed by atoms with E-state index in [0.717, 1.165) is 57.4 Å². The average Bonchev–Trinajstić information content (AvgIpc) is 3.58. The highest BCUT2D eigenvalue weighted by Gasteiger charge is 2.35. The van der Waals surface area contributed by atoms with Crippen LogP contribution in [-0.4, -0.2) is 25.2 Å². The second-order valence-electron chi connectivity index (χ2n) is 9.36. The molecule has 0 aromatic heterocycles. The maximum atomic E-state index is 13.6. The fourth-order valence-electron chi connectivity index (χ4n) is 4.67. The first kappa shape index (κ1) is 24.9. The van der Waals surface area contributed by atoms with Crippen LogP contribution in [0.5, 0.6) is 5.75 Å². The van der Waals surface area contributed by atoms with Crippen molar-refractivity contribution in [3.63, 3.8) is 0 Å². The molecule has 2 saturated carbocycles. The molecule has 2 aliphatic rings. The van der Waals surface area contributed by atoms with Gasteiger partial charge in [0.05, 0.1) is 24.9 Å². The van der Waals surface area contributed by atoms with E-state index in [1.54, 1.807) is 6.07 Å². The van der Waals surface area contributed by atoms with Gasteiger partial charge in [0.25, 0.3) is 0 Å². The van der Waals surface area contributed by atoms with E-state index in [9.17, 15) is 18.0 Å². The SMILES string of the molecule is CCC(CCNC(C)=O)C1CCC(OCc2ccc(OCC3CC3)cc2C(F)(F)F)CC1. The van der Waals surface area contributed by atoms with Crippen molar-refractivity contribution < 1.29 is 27.4 Å². The summed E-state index contributed by atoms with van der Waals surface area (Å²) >= 11 is 0. The smallest absolute Gasteiger partial charge is 0.416 e.